The number of rotatable bonds is 6. The molecule has 1 aliphatic rings. The predicted octanol–water partition coefficient (Wildman–Crippen LogP) is 4.17. The lowest BCUT2D eigenvalue weighted by atomic mass is 10.2. The lowest BCUT2D eigenvalue weighted by molar-refractivity contribution is 0.122. The highest BCUT2D eigenvalue weighted by molar-refractivity contribution is 6.31. The molecule has 0 bridgehead atoms. The molecule has 0 aliphatic carbocycles. The molecular formula is C21H23ClN6O2. The number of nitrogens with zero attached hydrogens (tertiary/aromatic N) is 4. The maximum atomic E-state index is 6.26. The minimum Gasteiger partial charge on any atom is -0.497 e. The van der Waals surface area contributed by atoms with Gasteiger partial charge >= 0.3 is 0 Å². The predicted molar refractivity (Wildman–Crippen MR) is 119 cm³/mol. The molecule has 1 fully saturated rings. The van der Waals surface area contributed by atoms with Crippen LogP contribution in [0.4, 0.5) is 29.2 Å². The molecule has 0 spiro atoms. The van der Waals surface area contributed by atoms with Gasteiger partial charge in [-0.1, -0.05) is 17.7 Å². The SMILES string of the molecule is COc1ccc(Nc2nc(Nc3cccc(Cl)c3C)nc(N3CCOCC3)n2)cc1. The molecule has 4 rings (SSSR count). The summed E-state index contributed by atoms with van der Waals surface area (Å²) in [6, 6.07) is 13.2. The fourth-order valence-corrected chi connectivity index (χ4v) is 3.22. The number of hydrogen-bond donors (Lipinski definition) is 2. The summed E-state index contributed by atoms with van der Waals surface area (Å²) in [4.78, 5) is 15.9. The van der Waals surface area contributed by atoms with Crippen molar-refractivity contribution in [1.29, 1.82) is 0 Å². The minimum absolute atomic E-state index is 0.438. The van der Waals surface area contributed by atoms with Crippen molar-refractivity contribution in [3.63, 3.8) is 0 Å². The van der Waals surface area contributed by atoms with Gasteiger partial charge in [-0.25, -0.2) is 0 Å². The van der Waals surface area contributed by atoms with E-state index in [4.69, 9.17) is 21.1 Å². The van der Waals surface area contributed by atoms with Crippen molar-refractivity contribution in [2.24, 2.45) is 0 Å². The molecule has 30 heavy (non-hydrogen) atoms. The van der Waals surface area contributed by atoms with Crippen LogP contribution >= 0.6 is 11.6 Å². The van der Waals surface area contributed by atoms with E-state index in [2.05, 4.69) is 30.5 Å². The first kappa shape index (κ1) is 20.2. The molecule has 1 aliphatic heterocycles. The summed E-state index contributed by atoms with van der Waals surface area (Å²) in [5.41, 5.74) is 2.62. The van der Waals surface area contributed by atoms with E-state index in [0.29, 0.717) is 36.1 Å². The van der Waals surface area contributed by atoms with Crippen LogP contribution in [-0.2, 0) is 4.74 Å². The zero-order valence-electron chi connectivity index (χ0n) is 16.9. The first-order valence-electron chi connectivity index (χ1n) is 9.64. The third kappa shape index (κ3) is 4.72. The van der Waals surface area contributed by atoms with Gasteiger partial charge in [0.1, 0.15) is 5.75 Å². The third-order valence-electron chi connectivity index (χ3n) is 4.78. The molecule has 156 valence electrons. The van der Waals surface area contributed by atoms with Gasteiger partial charge in [-0.3, -0.25) is 0 Å². The first-order valence-corrected chi connectivity index (χ1v) is 10.0. The highest BCUT2D eigenvalue weighted by Gasteiger charge is 2.17. The lowest BCUT2D eigenvalue weighted by Crippen LogP contribution is -2.37. The van der Waals surface area contributed by atoms with E-state index in [1.54, 1.807) is 7.11 Å². The second-order valence-electron chi connectivity index (χ2n) is 6.77. The fourth-order valence-electron chi connectivity index (χ4n) is 3.05. The Kier molecular flexibility index (Phi) is 6.15. The summed E-state index contributed by atoms with van der Waals surface area (Å²) in [6.45, 7) is 4.68. The highest BCUT2D eigenvalue weighted by Crippen LogP contribution is 2.27. The molecule has 0 radical (unpaired) electrons. The largest absolute Gasteiger partial charge is 0.497 e. The Morgan fingerprint density at radius 2 is 1.67 bits per heavy atom. The van der Waals surface area contributed by atoms with Gasteiger partial charge in [-0.05, 0) is 48.9 Å². The number of methoxy groups -OCH3 is 1. The number of ether oxygens (including phenoxy) is 2. The van der Waals surface area contributed by atoms with Crippen molar-refractivity contribution in [3.8, 4) is 5.75 Å². The van der Waals surface area contributed by atoms with Crippen molar-refractivity contribution < 1.29 is 9.47 Å². The van der Waals surface area contributed by atoms with Crippen LogP contribution in [0.2, 0.25) is 5.02 Å². The van der Waals surface area contributed by atoms with Gasteiger partial charge < -0.3 is 25.0 Å². The van der Waals surface area contributed by atoms with Crippen molar-refractivity contribution in [3.05, 3.63) is 53.1 Å². The molecule has 8 nitrogen and oxygen atoms in total. The average molecular weight is 427 g/mol. The Bertz CT molecular complexity index is 1010. The first-order chi connectivity index (χ1) is 14.6. The summed E-state index contributed by atoms with van der Waals surface area (Å²) >= 11 is 6.26. The topological polar surface area (TPSA) is 84.4 Å². The normalized spacial score (nSPS) is 13.8. The molecule has 9 heteroatoms. The maximum Gasteiger partial charge on any atom is 0.233 e. The number of benzene rings is 2. The Labute approximate surface area is 180 Å². The number of hydrogen-bond acceptors (Lipinski definition) is 8. The number of nitrogens with one attached hydrogen (secondary N) is 2. The molecule has 2 aromatic carbocycles. The van der Waals surface area contributed by atoms with Crippen LogP contribution in [0.5, 0.6) is 5.75 Å². The van der Waals surface area contributed by atoms with Gasteiger partial charge in [0.15, 0.2) is 0 Å². The van der Waals surface area contributed by atoms with Gasteiger partial charge in [0.25, 0.3) is 0 Å². The van der Waals surface area contributed by atoms with Crippen molar-refractivity contribution in [2.45, 2.75) is 6.92 Å². The second-order valence-corrected chi connectivity index (χ2v) is 7.18. The molecule has 1 saturated heterocycles. The van der Waals surface area contributed by atoms with E-state index in [9.17, 15) is 0 Å². The minimum atomic E-state index is 0.438. The maximum absolute atomic E-state index is 6.26. The van der Waals surface area contributed by atoms with E-state index in [-0.39, 0.29) is 0 Å². The Morgan fingerprint density at radius 1 is 0.967 bits per heavy atom. The van der Waals surface area contributed by atoms with E-state index >= 15 is 0 Å². The Hall–Kier alpha value is -3.10. The van der Waals surface area contributed by atoms with Crippen LogP contribution in [0.1, 0.15) is 5.56 Å². The molecule has 0 amide bonds. The van der Waals surface area contributed by atoms with Gasteiger partial charge in [0.05, 0.1) is 20.3 Å². The summed E-state index contributed by atoms with van der Waals surface area (Å²) in [6.07, 6.45) is 0. The lowest BCUT2D eigenvalue weighted by Gasteiger charge is -2.27. The van der Waals surface area contributed by atoms with Gasteiger partial charge in [-0.15, -0.1) is 0 Å². The van der Waals surface area contributed by atoms with Crippen molar-refractivity contribution in [2.75, 3.05) is 48.9 Å². The smallest absolute Gasteiger partial charge is 0.233 e. The summed E-state index contributed by atoms with van der Waals surface area (Å²) < 4.78 is 10.7. The zero-order chi connectivity index (χ0) is 20.9. The molecule has 2 heterocycles. The van der Waals surface area contributed by atoms with E-state index in [0.717, 1.165) is 35.8 Å². The summed E-state index contributed by atoms with van der Waals surface area (Å²) in [7, 11) is 1.64. The van der Waals surface area contributed by atoms with Gasteiger partial charge in [0, 0.05) is 29.5 Å². The van der Waals surface area contributed by atoms with Crippen LogP contribution in [0.25, 0.3) is 0 Å². The molecule has 2 N–H and O–H groups in total. The second kappa shape index (κ2) is 9.15. The monoisotopic (exact) mass is 426 g/mol. The van der Waals surface area contributed by atoms with Crippen LogP contribution in [0.3, 0.4) is 0 Å². The van der Waals surface area contributed by atoms with E-state index < -0.39 is 0 Å². The van der Waals surface area contributed by atoms with E-state index in [1.165, 1.54) is 0 Å². The highest BCUT2D eigenvalue weighted by atomic mass is 35.5. The number of anilines is 5. The summed E-state index contributed by atoms with van der Waals surface area (Å²) in [5.74, 6) is 2.25. The molecule has 3 aromatic rings. The fraction of sp³-hybridized carbons (Fsp3) is 0.286. The Morgan fingerprint density at radius 3 is 2.37 bits per heavy atom. The van der Waals surface area contributed by atoms with Crippen LogP contribution in [-0.4, -0.2) is 48.4 Å². The van der Waals surface area contributed by atoms with Gasteiger partial charge in [-0.2, -0.15) is 15.0 Å². The van der Waals surface area contributed by atoms with Crippen LogP contribution in [0, 0.1) is 6.92 Å². The Balaban J connectivity index is 1.65. The number of morpholine rings is 1. The molecule has 0 atom stereocenters. The van der Waals surface area contributed by atoms with Crippen molar-refractivity contribution in [1.82, 2.24) is 15.0 Å². The molecule has 0 saturated carbocycles. The zero-order valence-corrected chi connectivity index (χ0v) is 17.6. The van der Waals surface area contributed by atoms with Crippen molar-refractivity contribution >= 4 is 40.8 Å². The summed E-state index contributed by atoms with van der Waals surface area (Å²) in [5, 5.41) is 7.20. The average Bonchev–Trinajstić information content (AvgIpc) is 2.78. The molecule has 0 unspecified atom stereocenters. The van der Waals surface area contributed by atoms with Crippen LogP contribution < -0.4 is 20.3 Å². The third-order valence-corrected chi connectivity index (χ3v) is 5.19. The van der Waals surface area contributed by atoms with Gasteiger partial charge in [0.2, 0.25) is 17.8 Å². The number of halogens is 1. The molecule has 1 aromatic heterocycles. The molecular weight excluding hydrogens is 404 g/mol. The standard InChI is InChI=1S/C21H23ClN6O2/c1-14-17(22)4-3-5-18(14)24-20-25-19(23-15-6-8-16(29-2)9-7-15)26-21(27-20)28-10-12-30-13-11-28/h3-9H,10-13H2,1-2H3,(H2,23,24,25,26,27). The van der Waals surface area contributed by atoms with E-state index in [1.807, 2.05) is 49.4 Å². The quantitative estimate of drug-likeness (QED) is 0.607. The van der Waals surface area contributed by atoms with Crippen LogP contribution in [0.15, 0.2) is 42.5 Å². The number of aromatic nitrogens is 3.